The molecule has 0 amide bonds. The molecule has 1 aromatic rings. The fourth-order valence-corrected chi connectivity index (χ4v) is 2.72. The van der Waals surface area contributed by atoms with E-state index in [1.54, 1.807) is 18.2 Å². The maximum Gasteiger partial charge on any atom is 0.330 e. The standard InChI is InChI=1S/C12H14BrClN2O4/c1-19-8-4-10(20-9(8)5-14)16-6-7(2-3-13)11(17)15-12(16)18/h2-3,6,8-10H,4-5H2,1H3,(H,15,17,18)/b3-2+/t8?,9-,10-/m0/s1. The molecule has 0 aromatic carbocycles. The first-order valence-electron chi connectivity index (χ1n) is 5.97. The average Bonchev–Trinajstić information content (AvgIpc) is 2.85. The number of aromatic amines is 1. The molecule has 3 atom stereocenters. The Morgan fingerprint density at radius 3 is 2.95 bits per heavy atom. The van der Waals surface area contributed by atoms with E-state index in [2.05, 4.69) is 20.9 Å². The van der Waals surface area contributed by atoms with Crippen LogP contribution in [0.5, 0.6) is 0 Å². The van der Waals surface area contributed by atoms with Gasteiger partial charge in [-0.2, -0.15) is 0 Å². The summed E-state index contributed by atoms with van der Waals surface area (Å²) in [6, 6.07) is 0. The van der Waals surface area contributed by atoms with E-state index in [-0.39, 0.29) is 18.1 Å². The Morgan fingerprint density at radius 1 is 1.65 bits per heavy atom. The van der Waals surface area contributed by atoms with Crippen molar-refractivity contribution >= 4 is 33.6 Å². The van der Waals surface area contributed by atoms with Crippen molar-refractivity contribution in [3.63, 3.8) is 0 Å². The van der Waals surface area contributed by atoms with Gasteiger partial charge in [0.1, 0.15) is 6.23 Å². The molecule has 0 saturated carbocycles. The molecule has 6 nitrogen and oxygen atoms in total. The fraction of sp³-hybridized carbons (Fsp3) is 0.500. The van der Waals surface area contributed by atoms with Crippen LogP contribution in [-0.4, -0.2) is 34.7 Å². The van der Waals surface area contributed by atoms with Crippen LogP contribution in [0.4, 0.5) is 0 Å². The van der Waals surface area contributed by atoms with Gasteiger partial charge in [0.25, 0.3) is 5.56 Å². The van der Waals surface area contributed by atoms with Crippen molar-refractivity contribution in [1.29, 1.82) is 0 Å². The third-order valence-electron chi connectivity index (χ3n) is 3.18. The molecule has 2 heterocycles. The molecule has 8 heteroatoms. The predicted molar refractivity (Wildman–Crippen MR) is 79.3 cm³/mol. The van der Waals surface area contributed by atoms with Gasteiger partial charge in [0.05, 0.1) is 23.7 Å². The highest BCUT2D eigenvalue weighted by Crippen LogP contribution is 2.30. The molecule has 1 unspecified atom stereocenters. The van der Waals surface area contributed by atoms with E-state index < -0.39 is 17.5 Å². The Kier molecular flexibility index (Phi) is 5.20. The van der Waals surface area contributed by atoms with Crippen molar-refractivity contribution < 1.29 is 9.47 Å². The number of aromatic nitrogens is 2. The molecule has 0 radical (unpaired) electrons. The molecule has 1 aromatic heterocycles. The van der Waals surface area contributed by atoms with Gasteiger partial charge in [0.15, 0.2) is 0 Å². The number of hydrogen-bond acceptors (Lipinski definition) is 4. The number of rotatable bonds is 4. The highest BCUT2D eigenvalue weighted by Gasteiger charge is 2.36. The summed E-state index contributed by atoms with van der Waals surface area (Å²) in [5.41, 5.74) is -0.609. The van der Waals surface area contributed by atoms with Gasteiger partial charge >= 0.3 is 5.69 Å². The molecule has 1 fully saturated rings. The quantitative estimate of drug-likeness (QED) is 0.820. The molecular weight excluding hydrogens is 351 g/mol. The number of H-pyrrole nitrogens is 1. The van der Waals surface area contributed by atoms with E-state index in [9.17, 15) is 9.59 Å². The maximum absolute atomic E-state index is 11.9. The summed E-state index contributed by atoms with van der Waals surface area (Å²) in [6.45, 7) is 0. The molecule has 1 aliphatic heterocycles. The zero-order chi connectivity index (χ0) is 14.7. The summed E-state index contributed by atoms with van der Waals surface area (Å²) in [5.74, 6) is 0.279. The van der Waals surface area contributed by atoms with Crippen molar-refractivity contribution in [2.75, 3.05) is 13.0 Å². The van der Waals surface area contributed by atoms with Crippen LogP contribution < -0.4 is 11.2 Å². The van der Waals surface area contributed by atoms with E-state index in [1.165, 1.54) is 10.8 Å². The van der Waals surface area contributed by atoms with Crippen molar-refractivity contribution in [3.05, 3.63) is 37.6 Å². The first-order chi connectivity index (χ1) is 9.60. The lowest BCUT2D eigenvalue weighted by Gasteiger charge is -2.14. The largest absolute Gasteiger partial charge is 0.379 e. The second-order valence-corrected chi connectivity index (χ2v) is 5.17. The fourth-order valence-electron chi connectivity index (χ4n) is 2.16. The lowest BCUT2D eigenvalue weighted by atomic mass is 10.2. The Hall–Kier alpha value is -0.890. The predicted octanol–water partition coefficient (Wildman–Crippen LogP) is 1.44. The third kappa shape index (κ3) is 3.06. The van der Waals surface area contributed by atoms with Crippen LogP contribution in [0.3, 0.4) is 0 Å². The van der Waals surface area contributed by atoms with Crippen LogP contribution >= 0.6 is 27.5 Å². The highest BCUT2D eigenvalue weighted by molar-refractivity contribution is 9.11. The molecule has 110 valence electrons. The van der Waals surface area contributed by atoms with Crippen LogP contribution in [0.15, 0.2) is 20.8 Å². The van der Waals surface area contributed by atoms with Gasteiger partial charge in [0, 0.05) is 19.7 Å². The van der Waals surface area contributed by atoms with Crippen molar-refractivity contribution in [2.45, 2.75) is 24.9 Å². The van der Waals surface area contributed by atoms with Gasteiger partial charge in [-0.3, -0.25) is 14.3 Å². The number of methoxy groups -OCH3 is 1. The second-order valence-electron chi connectivity index (χ2n) is 4.34. The molecule has 1 saturated heterocycles. The van der Waals surface area contributed by atoms with Crippen LogP contribution in [-0.2, 0) is 9.47 Å². The monoisotopic (exact) mass is 364 g/mol. The zero-order valence-electron chi connectivity index (χ0n) is 10.7. The third-order valence-corrected chi connectivity index (χ3v) is 3.75. The van der Waals surface area contributed by atoms with Gasteiger partial charge in [-0.05, 0) is 11.1 Å². The van der Waals surface area contributed by atoms with Crippen molar-refractivity contribution in [1.82, 2.24) is 9.55 Å². The SMILES string of the molecule is COC1C[C@@H](n2cc(/C=C/Br)c(=O)[nH]c2=O)O[C@H]1CCl. The maximum atomic E-state index is 11.9. The lowest BCUT2D eigenvalue weighted by Crippen LogP contribution is -2.33. The summed E-state index contributed by atoms with van der Waals surface area (Å²) in [5, 5.41) is 0. The number of ether oxygens (including phenoxy) is 2. The van der Waals surface area contributed by atoms with Crippen molar-refractivity contribution in [2.24, 2.45) is 0 Å². The number of alkyl halides is 1. The van der Waals surface area contributed by atoms with Gasteiger partial charge in [-0.1, -0.05) is 15.9 Å². The normalized spacial score (nSPS) is 26.4. The average molecular weight is 366 g/mol. The van der Waals surface area contributed by atoms with Gasteiger partial charge in [-0.15, -0.1) is 11.6 Å². The number of nitrogens with zero attached hydrogens (tertiary/aromatic N) is 1. The van der Waals surface area contributed by atoms with Gasteiger partial charge in [-0.25, -0.2) is 4.79 Å². The Morgan fingerprint density at radius 2 is 2.40 bits per heavy atom. The zero-order valence-corrected chi connectivity index (χ0v) is 13.1. The molecule has 1 aliphatic rings. The molecule has 0 bridgehead atoms. The molecule has 20 heavy (non-hydrogen) atoms. The first kappa shape index (κ1) is 15.5. The molecular formula is C12H14BrClN2O4. The molecule has 0 spiro atoms. The summed E-state index contributed by atoms with van der Waals surface area (Å²) in [7, 11) is 1.57. The molecule has 2 rings (SSSR count). The minimum absolute atomic E-state index is 0.175. The topological polar surface area (TPSA) is 73.3 Å². The summed E-state index contributed by atoms with van der Waals surface area (Å²) >= 11 is 8.91. The summed E-state index contributed by atoms with van der Waals surface area (Å²) in [6.07, 6.45) is 2.56. The highest BCUT2D eigenvalue weighted by atomic mass is 79.9. The van der Waals surface area contributed by atoms with E-state index in [1.807, 2.05) is 0 Å². The van der Waals surface area contributed by atoms with Gasteiger partial charge < -0.3 is 9.47 Å². The first-order valence-corrected chi connectivity index (χ1v) is 7.42. The number of halogens is 2. The minimum Gasteiger partial charge on any atom is -0.379 e. The van der Waals surface area contributed by atoms with E-state index in [0.717, 1.165) is 0 Å². The van der Waals surface area contributed by atoms with E-state index >= 15 is 0 Å². The second kappa shape index (κ2) is 6.71. The Bertz CT molecular complexity index is 600. The number of nitrogens with one attached hydrogen (secondary N) is 1. The van der Waals surface area contributed by atoms with Crippen molar-refractivity contribution in [3.8, 4) is 0 Å². The smallest absolute Gasteiger partial charge is 0.330 e. The lowest BCUT2D eigenvalue weighted by molar-refractivity contribution is -0.0167. The summed E-state index contributed by atoms with van der Waals surface area (Å²) in [4.78, 5) is 27.3. The number of hydrogen-bond donors (Lipinski definition) is 1. The van der Waals surface area contributed by atoms with E-state index in [0.29, 0.717) is 12.0 Å². The Labute approximate surface area is 128 Å². The van der Waals surface area contributed by atoms with Gasteiger partial charge in [0.2, 0.25) is 0 Å². The van der Waals surface area contributed by atoms with Crippen LogP contribution in [0.25, 0.3) is 6.08 Å². The van der Waals surface area contributed by atoms with Crippen LogP contribution in [0.1, 0.15) is 18.2 Å². The molecule has 0 aliphatic carbocycles. The van der Waals surface area contributed by atoms with E-state index in [4.69, 9.17) is 21.1 Å². The summed E-state index contributed by atoms with van der Waals surface area (Å²) < 4.78 is 12.3. The van der Waals surface area contributed by atoms with Crippen LogP contribution in [0.2, 0.25) is 0 Å². The Balaban J connectivity index is 2.36. The molecule has 1 N–H and O–H groups in total. The van der Waals surface area contributed by atoms with Crippen LogP contribution in [0, 0.1) is 0 Å². The minimum atomic E-state index is -0.517.